The standard InChI is InChI=1S/C23H26F5N5O2/c1-22(2,3)18(21(35)32-10-23(27,28)11-32)31-20(34)17-16-9-29-5-4-6-33(16)19(30-17)12-7-14(25)15(26)8-13(12)24/h7-8,18,29H,4-6,9-11H2,1-3H3,(H,31,34)/t18-/m1/s1. The van der Waals surface area contributed by atoms with Crippen molar-refractivity contribution in [3.8, 4) is 11.4 Å². The van der Waals surface area contributed by atoms with Gasteiger partial charge in [0, 0.05) is 19.2 Å². The summed E-state index contributed by atoms with van der Waals surface area (Å²) in [4.78, 5) is 31.5. The Balaban J connectivity index is 1.70. The summed E-state index contributed by atoms with van der Waals surface area (Å²) in [6.45, 7) is 4.72. The van der Waals surface area contributed by atoms with E-state index < -0.39 is 59.7 Å². The Kier molecular flexibility index (Phi) is 6.37. The van der Waals surface area contributed by atoms with Gasteiger partial charge in [-0.1, -0.05) is 20.8 Å². The van der Waals surface area contributed by atoms with Crippen LogP contribution in [-0.2, 0) is 17.9 Å². The second-order valence-corrected chi connectivity index (χ2v) is 9.98. The average molecular weight is 499 g/mol. The zero-order valence-corrected chi connectivity index (χ0v) is 19.5. The highest BCUT2D eigenvalue weighted by Gasteiger charge is 2.49. The summed E-state index contributed by atoms with van der Waals surface area (Å²) < 4.78 is 70.2. The van der Waals surface area contributed by atoms with Crippen LogP contribution in [0.3, 0.4) is 0 Å². The lowest BCUT2D eigenvalue weighted by Crippen LogP contribution is -2.64. The van der Waals surface area contributed by atoms with Crippen LogP contribution in [0.2, 0.25) is 0 Å². The highest BCUT2D eigenvalue weighted by molar-refractivity contribution is 5.98. The van der Waals surface area contributed by atoms with Gasteiger partial charge in [0.1, 0.15) is 17.7 Å². The molecule has 0 spiro atoms. The Morgan fingerprint density at radius 3 is 2.40 bits per heavy atom. The smallest absolute Gasteiger partial charge is 0.282 e. The van der Waals surface area contributed by atoms with Crippen LogP contribution in [0, 0.1) is 22.9 Å². The molecule has 1 saturated heterocycles. The van der Waals surface area contributed by atoms with Crippen molar-refractivity contribution in [2.45, 2.75) is 52.2 Å². The van der Waals surface area contributed by atoms with Crippen LogP contribution in [-0.4, -0.2) is 57.9 Å². The number of hydrogen-bond donors (Lipinski definition) is 2. The number of aromatic nitrogens is 2. The van der Waals surface area contributed by atoms with E-state index >= 15 is 0 Å². The van der Waals surface area contributed by atoms with Gasteiger partial charge in [-0.15, -0.1) is 0 Å². The topological polar surface area (TPSA) is 79.3 Å². The number of imidazole rings is 1. The minimum atomic E-state index is -2.96. The second-order valence-electron chi connectivity index (χ2n) is 9.98. The lowest BCUT2D eigenvalue weighted by molar-refractivity contribution is -0.169. The number of likely N-dealkylation sites (tertiary alicyclic amines) is 1. The zero-order valence-electron chi connectivity index (χ0n) is 19.5. The first-order valence-corrected chi connectivity index (χ1v) is 11.2. The van der Waals surface area contributed by atoms with Crippen molar-refractivity contribution >= 4 is 11.8 Å². The van der Waals surface area contributed by atoms with E-state index in [4.69, 9.17) is 0 Å². The summed E-state index contributed by atoms with van der Waals surface area (Å²) in [6, 6.07) is -0.0325. The maximum atomic E-state index is 14.6. The van der Waals surface area contributed by atoms with Crippen molar-refractivity contribution in [2.75, 3.05) is 19.6 Å². The van der Waals surface area contributed by atoms with Gasteiger partial charge in [0.15, 0.2) is 17.3 Å². The number of rotatable bonds is 4. The second kappa shape index (κ2) is 8.89. The molecule has 2 N–H and O–H groups in total. The van der Waals surface area contributed by atoms with Crippen molar-refractivity contribution in [1.29, 1.82) is 0 Å². The molecule has 1 atom stereocenters. The summed E-state index contributed by atoms with van der Waals surface area (Å²) >= 11 is 0. The normalized spacial score (nSPS) is 18.3. The van der Waals surface area contributed by atoms with Gasteiger partial charge in [-0.05, 0) is 24.4 Å². The zero-order chi connectivity index (χ0) is 25.7. The molecule has 4 rings (SSSR count). The van der Waals surface area contributed by atoms with Gasteiger partial charge in [-0.3, -0.25) is 9.59 Å². The SMILES string of the molecule is CC(C)(C)[C@H](NC(=O)c1nc(-c2cc(F)c(F)cc2F)n2c1CNCCC2)C(=O)N1CC(F)(F)C1. The summed E-state index contributed by atoms with van der Waals surface area (Å²) in [7, 11) is 0. The first-order valence-electron chi connectivity index (χ1n) is 11.2. The molecule has 0 saturated carbocycles. The number of fused-ring (bicyclic) bond motifs is 1. The third-order valence-corrected chi connectivity index (χ3v) is 6.11. The fourth-order valence-electron chi connectivity index (χ4n) is 4.26. The van der Waals surface area contributed by atoms with Crippen LogP contribution < -0.4 is 10.6 Å². The molecule has 3 heterocycles. The van der Waals surface area contributed by atoms with E-state index in [0.29, 0.717) is 37.3 Å². The third kappa shape index (κ3) is 4.89. The molecule has 1 aromatic carbocycles. The van der Waals surface area contributed by atoms with E-state index in [2.05, 4.69) is 15.6 Å². The van der Waals surface area contributed by atoms with E-state index in [1.165, 1.54) is 0 Å². The molecule has 0 bridgehead atoms. The van der Waals surface area contributed by atoms with Crippen molar-refractivity contribution in [3.63, 3.8) is 0 Å². The molecule has 1 aromatic heterocycles. The highest BCUT2D eigenvalue weighted by Crippen LogP contribution is 2.32. The van der Waals surface area contributed by atoms with Gasteiger partial charge in [0.25, 0.3) is 11.8 Å². The van der Waals surface area contributed by atoms with Crippen molar-refractivity contribution < 1.29 is 31.5 Å². The minimum Gasteiger partial charge on any atom is -0.338 e. The maximum Gasteiger partial charge on any atom is 0.282 e. The fourth-order valence-corrected chi connectivity index (χ4v) is 4.26. The Morgan fingerprint density at radius 2 is 1.77 bits per heavy atom. The molecule has 1 fully saturated rings. The Labute approximate surface area is 198 Å². The summed E-state index contributed by atoms with van der Waals surface area (Å²) in [5.41, 5.74) is -0.858. The van der Waals surface area contributed by atoms with E-state index in [1.807, 2.05) is 0 Å². The summed E-state index contributed by atoms with van der Waals surface area (Å²) in [5, 5.41) is 5.74. The molecule has 190 valence electrons. The number of carbonyl (C=O) groups is 2. The first kappa shape index (κ1) is 25.1. The molecule has 7 nitrogen and oxygen atoms in total. The van der Waals surface area contributed by atoms with Crippen LogP contribution in [0.15, 0.2) is 12.1 Å². The molecule has 2 aliphatic rings. The van der Waals surface area contributed by atoms with Crippen LogP contribution in [0.4, 0.5) is 22.0 Å². The first-order chi connectivity index (χ1) is 16.3. The fraction of sp³-hybridized carbons (Fsp3) is 0.522. The van der Waals surface area contributed by atoms with Crippen LogP contribution in [0.25, 0.3) is 11.4 Å². The lowest BCUT2D eigenvalue weighted by Gasteiger charge is -2.43. The quantitative estimate of drug-likeness (QED) is 0.501. The molecular formula is C23H26F5N5O2. The number of alkyl halides is 2. The van der Waals surface area contributed by atoms with Crippen molar-refractivity contribution in [2.24, 2.45) is 5.41 Å². The van der Waals surface area contributed by atoms with Gasteiger partial charge >= 0.3 is 0 Å². The average Bonchev–Trinajstić information content (AvgIpc) is 2.92. The van der Waals surface area contributed by atoms with E-state index in [-0.39, 0.29) is 23.6 Å². The largest absolute Gasteiger partial charge is 0.338 e. The molecule has 12 heteroatoms. The van der Waals surface area contributed by atoms with Crippen LogP contribution in [0.1, 0.15) is 43.4 Å². The number of nitrogens with zero attached hydrogens (tertiary/aromatic N) is 3. The molecule has 2 amide bonds. The van der Waals surface area contributed by atoms with Gasteiger partial charge in [0.05, 0.1) is 24.3 Å². The van der Waals surface area contributed by atoms with Gasteiger partial charge in [-0.25, -0.2) is 26.9 Å². The molecule has 2 aromatic rings. The van der Waals surface area contributed by atoms with E-state index in [0.717, 1.165) is 4.90 Å². The lowest BCUT2D eigenvalue weighted by atomic mass is 9.85. The van der Waals surface area contributed by atoms with Gasteiger partial charge < -0.3 is 20.1 Å². The number of amides is 2. The number of nitrogens with one attached hydrogen (secondary N) is 2. The minimum absolute atomic E-state index is 0.0497. The summed E-state index contributed by atoms with van der Waals surface area (Å²) in [6.07, 6.45) is 0.606. The van der Waals surface area contributed by atoms with Crippen LogP contribution >= 0.6 is 0 Å². The molecule has 0 unspecified atom stereocenters. The molecule has 0 aliphatic carbocycles. The van der Waals surface area contributed by atoms with Crippen LogP contribution in [0.5, 0.6) is 0 Å². The van der Waals surface area contributed by atoms with E-state index in [1.54, 1.807) is 25.3 Å². The Bertz CT molecular complexity index is 1170. The van der Waals surface area contributed by atoms with Gasteiger partial charge in [-0.2, -0.15) is 0 Å². The number of hydrogen-bond acceptors (Lipinski definition) is 4. The van der Waals surface area contributed by atoms with Gasteiger partial charge in [0.2, 0.25) is 5.91 Å². The third-order valence-electron chi connectivity index (χ3n) is 6.11. The predicted octanol–water partition coefficient (Wildman–Crippen LogP) is 3.08. The number of benzene rings is 1. The maximum absolute atomic E-state index is 14.6. The summed E-state index contributed by atoms with van der Waals surface area (Å²) in [5.74, 6) is -8.07. The number of halogens is 5. The number of carbonyl (C=O) groups excluding carboxylic acids is 2. The Morgan fingerprint density at radius 1 is 1.11 bits per heavy atom. The predicted molar refractivity (Wildman–Crippen MR) is 116 cm³/mol. The molecule has 0 radical (unpaired) electrons. The molecule has 35 heavy (non-hydrogen) atoms. The van der Waals surface area contributed by atoms with Crippen molar-refractivity contribution in [3.05, 3.63) is 41.0 Å². The highest BCUT2D eigenvalue weighted by atomic mass is 19.3. The molecule has 2 aliphatic heterocycles. The Hall–Kier alpha value is -3.02. The monoisotopic (exact) mass is 499 g/mol. The van der Waals surface area contributed by atoms with E-state index in [9.17, 15) is 31.5 Å². The van der Waals surface area contributed by atoms with Crippen molar-refractivity contribution in [1.82, 2.24) is 25.1 Å². The molecular weight excluding hydrogens is 473 g/mol.